The van der Waals surface area contributed by atoms with E-state index in [-0.39, 0.29) is 5.12 Å². The molecule has 1 unspecified atom stereocenters. The van der Waals surface area contributed by atoms with E-state index in [4.69, 9.17) is 0 Å². The van der Waals surface area contributed by atoms with E-state index >= 15 is 0 Å². The first-order chi connectivity index (χ1) is 7.04. The van der Waals surface area contributed by atoms with Crippen LogP contribution in [0.1, 0.15) is 12.5 Å². The van der Waals surface area contributed by atoms with Gasteiger partial charge in [0, 0.05) is 4.47 Å². The van der Waals surface area contributed by atoms with Crippen LogP contribution < -0.4 is 0 Å². The normalized spacial score (nSPS) is 14.7. The van der Waals surface area contributed by atoms with Gasteiger partial charge in [-0.1, -0.05) is 39.8 Å². The minimum absolute atomic E-state index is 0.192. The number of carbonyl (C=O) groups excluding carboxylic acids is 1. The Bertz CT molecular complexity index is 350. The summed E-state index contributed by atoms with van der Waals surface area (Å²) in [4.78, 5) is 11.9. The van der Waals surface area contributed by atoms with Crippen molar-refractivity contribution >= 4 is 44.6 Å². The third-order valence-corrected chi connectivity index (χ3v) is 5.05. The van der Waals surface area contributed by atoms with E-state index in [1.165, 1.54) is 11.8 Å². The molecule has 0 saturated carbocycles. The van der Waals surface area contributed by atoms with Crippen molar-refractivity contribution in [2.45, 2.75) is 11.7 Å². The summed E-state index contributed by atoms with van der Waals surface area (Å²) < 4.78 is 0.589. The van der Waals surface area contributed by atoms with Crippen LogP contribution in [0, 0.1) is 0 Å². The van der Waals surface area contributed by atoms with Crippen molar-refractivity contribution in [3.8, 4) is 0 Å². The van der Waals surface area contributed by atoms with Crippen LogP contribution in [0.5, 0.6) is 0 Å². The smallest absolute Gasteiger partial charge is 0.208 e. The molecule has 0 heterocycles. The van der Waals surface area contributed by atoms with Crippen LogP contribution in [-0.2, 0) is 9.54 Å². The Balaban J connectivity index is 3.11. The Hall–Kier alpha value is 0.0700. The van der Waals surface area contributed by atoms with Crippen LogP contribution in [-0.4, -0.2) is 17.6 Å². The maximum Gasteiger partial charge on any atom is 0.208 e. The molecular formula is C11H13BrOS2. The van der Waals surface area contributed by atoms with Gasteiger partial charge in [-0.2, -0.15) is 0 Å². The molecular weight excluding hydrogens is 292 g/mol. The minimum atomic E-state index is -0.444. The summed E-state index contributed by atoms with van der Waals surface area (Å²) in [5.41, 5.74) is 1.05. The van der Waals surface area contributed by atoms with E-state index in [1.807, 2.05) is 43.7 Å². The molecule has 1 aromatic carbocycles. The summed E-state index contributed by atoms with van der Waals surface area (Å²) in [5, 5.41) is 0.192. The van der Waals surface area contributed by atoms with Crippen LogP contribution in [0.3, 0.4) is 0 Å². The molecule has 0 amide bonds. The van der Waals surface area contributed by atoms with E-state index in [2.05, 4.69) is 15.9 Å². The van der Waals surface area contributed by atoms with Gasteiger partial charge < -0.3 is 0 Å². The highest BCUT2D eigenvalue weighted by Gasteiger charge is 2.33. The molecule has 0 fully saturated rings. The lowest BCUT2D eigenvalue weighted by Crippen LogP contribution is -2.25. The van der Waals surface area contributed by atoms with E-state index in [0.29, 0.717) is 0 Å². The van der Waals surface area contributed by atoms with Crippen LogP contribution in [0.15, 0.2) is 28.7 Å². The van der Waals surface area contributed by atoms with Gasteiger partial charge in [0.1, 0.15) is 4.75 Å². The number of carbonyl (C=O) groups is 1. The highest BCUT2D eigenvalue weighted by atomic mass is 79.9. The van der Waals surface area contributed by atoms with Crippen molar-refractivity contribution in [1.29, 1.82) is 0 Å². The Morgan fingerprint density at radius 3 is 2.20 bits per heavy atom. The molecule has 0 N–H and O–H groups in total. The van der Waals surface area contributed by atoms with Crippen molar-refractivity contribution < 1.29 is 4.79 Å². The first kappa shape index (κ1) is 13.1. The number of benzene rings is 1. The lowest BCUT2D eigenvalue weighted by atomic mass is 10.0. The molecule has 0 aliphatic heterocycles. The van der Waals surface area contributed by atoms with Gasteiger partial charge in [-0.3, -0.25) is 4.79 Å². The first-order valence-electron chi connectivity index (χ1n) is 4.44. The zero-order valence-corrected chi connectivity index (χ0v) is 12.1. The predicted molar refractivity (Wildman–Crippen MR) is 73.5 cm³/mol. The molecule has 0 bridgehead atoms. The standard InChI is InChI=1S/C11H13BrOS2/c1-11(15-3,10(13)14-2)8-4-6-9(12)7-5-8/h4-7H,1-3H3. The number of hydrogen-bond acceptors (Lipinski definition) is 3. The van der Waals surface area contributed by atoms with Crippen molar-refractivity contribution in [2.24, 2.45) is 0 Å². The fraction of sp³-hybridized carbons (Fsp3) is 0.364. The Kier molecular flexibility index (Phi) is 4.74. The molecule has 0 aromatic heterocycles. The van der Waals surface area contributed by atoms with Gasteiger partial charge in [0.25, 0.3) is 0 Å². The van der Waals surface area contributed by atoms with Crippen molar-refractivity contribution in [3.63, 3.8) is 0 Å². The molecule has 0 aliphatic rings. The van der Waals surface area contributed by atoms with Gasteiger partial charge in [0.2, 0.25) is 5.12 Å². The number of halogens is 1. The van der Waals surface area contributed by atoms with Crippen LogP contribution >= 0.6 is 39.5 Å². The topological polar surface area (TPSA) is 17.1 Å². The SMILES string of the molecule is CSC(=O)C(C)(SC)c1ccc(Br)cc1. The zero-order chi connectivity index (χ0) is 11.5. The van der Waals surface area contributed by atoms with Gasteiger partial charge in [-0.15, -0.1) is 11.8 Å². The maximum atomic E-state index is 11.9. The maximum absolute atomic E-state index is 11.9. The van der Waals surface area contributed by atoms with Crippen LogP contribution in [0.4, 0.5) is 0 Å². The quantitative estimate of drug-likeness (QED) is 0.842. The summed E-state index contributed by atoms with van der Waals surface area (Å²) >= 11 is 6.25. The second-order valence-corrected chi connectivity index (χ2v) is 6.16. The van der Waals surface area contributed by atoms with Crippen LogP contribution in [0.25, 0.3) is 0 Å². The van der Waals surface area contributed by atoms with Gasteiger partial charge in [-0.25, -0.2) is 0 Å². The summed E-state index contributed by atoms with van der Waals surface area (Å²) in [6.07, 6.45) is 3.80. The minimum Gasteiger partial charge on any atom is -0.285 e. The second-order valence-electron chi connectivity index (χ2n) is 3.24. The molecule has 1 aromatic rings. The van der Waals surface area contributed by atoms with Crippen molar-refractivity contribution in [1.82, 2.24) is 0 Å². The third-order valence-electron chi connectivity index (χ3n) is 2.38. The van der Waals surface area contributed by atoms with Crippen LogP contribution in [0.2, 0.25) is 0 Å². The third kappa shape index (κ3) is 2.80. The second kappa shape index (κ2) is 5.41. The lowest BCUT2D eigenvalue weighted by Gasteiger charge is -2.25. The first-order valence-corrected chi connectivity index (χ1v) is 7.68. The molecule has 4 heteroatoms. The Labute approximate surface area is 108 Å². The largest absolute Gasteiger partial charge is 0.285 e. The number of thioether (sulfide) groups is 2. The molecule has 0 aliphatic carbocycles. The fourth-order valence-electron chi connectivity index (χ4n) is 1.28. The average molecular weight is 305 g/mol. The van der Waals surface area contributed by atoms with E-state index < -0.39 is 4.75 Å². The van der Waals surface area contributed by atoms with E-state index in [0.717, 1.165) is 10.0 Å². The highest BCUT2D eigenvalue weighted by Crippen LogP contribution is 2.38. The van der Waals surface area contributed by atoms with E-state index in [9.17, 15) is 4.79 Å². The number of hydrogen-bond donors (Lipinski definition) is 0. The van der Waals surface area contributed by atoms with Crippen molar-refractivity contribution in [3.05, 3.63) is 34.3 Å². The summed E-state index contributed by atoms with van der Waals surface area (Å²) in [6.45, 7) is 1.97. The fourth-order valence-corrected chi connectivity index (χ4v) is 3.09. The molecule has 0 radical (unpaired) electrons. The van der Waals surface area contributed by atoms with Gasteiger partial charge in [-0.05, 0) is 37.1 Å². The molecule has 0 saturated heterocycles. The molecule has 1 nitrogen and oxygen atoms in total. The zero-order valence-electron chi connectivity index (χ0n) is 8.91. The van der Waals surface area contributed by atoms with E-state index in [1.54, 1.807) is 11.8 Å². The van der Waals surface area contributed by atoms with Gasteiger partial charge >= 0.3 is 0 Å². The molecule has 82 valence electrons. The molecule has 0 spiro atoms. The summed E-state index contributed by atoms with van der Waals surface area (Å²) in [6, 6.07) is 7.93. The van der Waals surface area contributed by atoms with Gasteiger partial charge in [0.15, 0.2) is 0 Å². The predicted octanol–water partition coefficient (Wildman–Crippen LogP) is 3.92. The Morgan fingerprint density at radius 2 is 1.80 bits per heavy atom. The Morgan fingerprint density at radius 1 is 1.27 bits per heavy atom. The van der Waals surface area contributed by atoms with Crippen molar-refractivity contribution in [2.75, 3.05) is 12.5 Å². The van der Waals surface area contributed by atoms with Gasteiger partial charge in [0.05, 0.1) is 0 Å². The molecule has 1 rings (SSSR count). The monoisotopic (exact) mass is 304 g/mol. The molecule has 15 heavy (non-hydrogen) atoms. The molecule has 1 atom stereocenters. The summed E-state index contributed by atoms with van der Waals surface area (Å²) in [5.74, 6) is 0. The average Bonchev–Trinajstić information content (AvgIpc) is 2.27. The highest BCUT2D eigenvalue weighted by molar-refractivity contribution is 9.10. The summed E-state index contributed by atoms with van der Waals surface area (Å²) in [7, 11) is 0. The lowest BCUT2D eigenvalue weighted by molar-refractivity contribution is -0.112. The number of rotatable bonds is 3.